The summed E-state index contributed by atoms with van der Waals surface area (Å²) in [7, 11) is 0. The van der Waals surface area contributed by atoms with Crippen molar-refractivity contribution in [2.24, 2.45) is 5.92 Å². The molecule has 2 amide bonds. The van der Waals surface area contributed by atoms with E-state index in [1.54, 1.807) is 45.0 Å². The summed E-state index contributed by atoms with van der Waals surface area (Å²) in [5, 5.41) is 13.6. The summed E-state index contributed by atoms with van der Waals surface area (Å²) in [5.41, 5.74) is 2.28. The van der Waals surface area contributed by atoms with Crippen molar-refractivity contribution >= 4 is 35.0 Å². The van der Waals surface area contributed by atoms with Gasteiger partial charge in [0.05, 0.1) is 10.9 Å². The van der Waals surface area contributed by atoms with Crippen LogP contribution in [0.4, 0.5) is 11.4 Å². The predicted molar refractivity (Wildman–Crippen MR) is 127 cm³/mol. The van der Waals surface area contributed by atoms with Gasteiger partial charge in [-0.05, 0) is 31.5 Å². The molecule has 0 spiro atoms. The second-order valence-electron chi connectivity index (χ2n) is 7.56. The van der Waals surface area contributed by atoms with Crippen LogP contribution in [0, 0.1) is 12.8 Å². The number of hydrogen-bond acceptors (Lipinski definition) is 6. The third kappa shape index (κ3) is 5.61. The number of aromatic nitrogens is 3. The van der Waals surface area contributed by atoms with E-state index in [1.807, 2.05) is 31.2 Å². The highest BCUT2D eigenvalue weighted by Gasteiger charge is 2.19. The van der Waals surface area contributed by atoms with Crippen LogP contribution in [-0.2, 0) is 9.59 Å². The molecule has 0 unspecified atom stereocenters. The monoisotopic (exact) mass is 451 g/mol. The lowest BCUT2D eigenvalue weighted by atomic mass is 10.1. The van der Waals surface area contributed by atoms with Crippen LogP contribution in [0.15, 0.2) is 58.5 Å². The molecule has 0 aliphatic heterocycles. The molecule has 0 fully saturated rings. The molecular formula is C23H25N5O3S. The van der Waals surface area contributed by atoms with Crippen molar-refractivity contribution in [3.05, 3.63) is 64.4 Å². The van der Waals surface area contributed by atoms with Crippen LogP contribution >= 0.6 is 11.8 Å². The van der Waals surface area contributed by atoms with Gasteiger partial charge in [-0.2, -0.15) is 0 Å². The lowest BCUT2D eigenvalue weighted by Crippen LogP contribution is -2.24. The Balaban J connectivity index is 1.76. The first-order chi connectivity index (χ1) is 15.3. The molecule has 166 valence electrons. The Labute approximate surface area is 190 Å². The van der Waals surface area contributed by atoms with E-state index in [0.717, 1.165) is 23.0 Å². The molecule has 0 bridgehead atoms. The second-order valence-corrected chi connectivity index (χ2v) is 8.89. The maximum atomic E-state index is 12.7. The van der Waals surface area contributed by atoms with Crippen molar-refractivity contribution in [3.8, 4) is 11.3 Å². The highest BCUT2D eigenvalue weighted by Crippen LogP contribution is 2.25. The van der Waals surface area contributed by atoms with Crippen LogP contribution in [0.2, 0.25) is 0 Å². The zero-order chi connectivity index (χ0) is 23.3. The molecule has 0 saturated carbocycles. The summed E-state index contributed by atoms with van der Waals surface area (Å²) in [4.78, 5) is 40.0. The van der Waals surface area contributed by atoms with Gasteiger partial charge in [-0.15, -0.1) is 10.2 Å². The highest BCUT2D eigenvalue weighted by atomic mass is 32.2. The molecule has 1 atom stereocenters. The van der Waals surface area contributed by atoms with Crippen LogP contribution in [0.25, 0.3) is 11.3 Å². The van der Waals surface area contributed by atoms with E-state index < -0.39 is 10.8 Å². The van der Waals surface area contributed by atoms with Crippen LogP contribution in [0.3, 0.4) is 0 Å². The number of nitrogens with one attached hydrogen (secondary N) is 3. The number of para-hydroxylation sites is 2. The average molecular weight is 452 g/mol. The predicted octanol–water partition coefficient (Wildman–Crippen LogP) is 3.85. The van der Waals surface area contributed by atoms with E-state index in [2.05, 4.69) is 25.8 Å². The van der Waals surface area contributed by atoms with Crippen molar-refractivity contribution in [3.63, 3.8) is 0 Å². The summed E-state index contributed by atoms with van der Waals surface area (Å²) in [6.45, 7) is 7.21. The topological polar surface area (TPSA) is 117 Å². The number of nitrogens with zero attached hydrogens (tertiary/aromatic N) is 2. The first-order valence-electron chi connectivity index (χ1n) is 10.2. The average Bonchev–Trinajstić information content (AvgIpc) is 2.76. The number of H-pyrrole nitrogens is 1. The van der Waals surface area contributed by atoms with Gasteiger partial charge in [-0.1, -0.05) is 62.0 Å². The molecule has 0 radical (unpaired) electrons. The molecule has 0 aliphatic rings. The van der Waals surface area contributed by atoms with Gasteiger partial charge in [-0.25, -0.2) is 0 Å². The number of aromatic amines is 1. The number of carbonyl (C=O) groups excluding carboxylic acids is 2. The Kier molecular flexibility index (Phi) is 7.42. The summed E-state index contributed by atoms with van der Waals surface area (Å²) in [5.74, 6) is -0.584. The number of amides is 2. The number of aryl methyl sites for hydroxylation is 1. The van der Waals surface area contributed by atoms with Crippen LogP contribution in [-0.4, -0.2) is 32.2 Å². The van der Waals surface area contributed by atoms with Crippen molar-refractivity contribution < 1.29 is 9.59 Å². The number of hydrogen-bond donors (Lipinski definition) is 3. The molecule has 8 nitrogen and oxygen atoms in total. The lowest BCUT2D eigenvalue weighted by Gasteiger charge is -2.13. The van der Waals surface area contributed by atoms with Crippen molar-refractivity contribution in [2.75, 3.05) is 10.6 Å². The van der Waals surface area contributed by atoms with Crippen molar-refractivity contribution in [2.45, 2.75) is 38.1 Å². The minimum atomic E-state index is -0.511. The minimum absolute atomic E-state index is 0.0889. The minimum Gasteiger partial charge on any atom is -0.325 e. The first-order valence-corrected chi connectivity index (χ1v) is 11.0. The fourth-order valence-corrected chi connectivity index (χ4v) is 3.54. The van der Waals surface area contributed by atoms with E-state index in [0.29, 0.717) is 11.3 Å². The molecule has 9 heteroatoms. The van der Waals surface area contributed by atoms with Gasteiger partial charge in [0.2, 0.25) is 11.8 Å². The van der Waals surface area contributed by atoms with Gasteiger partial charge in [-0.3, -0.25) is 19.4 Å². The van der Waals surface area contributed by atoms with Gasteiger partial charge in [0, 0.05) is 17.2 Å². The summed E-state index contributed by atoms with van der Waals surface area (Å²) < 4.78 is 0. The Morgan fingerprint density at radius 3 is 2.19 bits per heavy atom. The van der Waals surface area contributed by atoms with E-state index in [9.17, 15) is 14.4 Å². The van der Waals surface area contributed by atoms with E-state index in [-0.39, 0.29) is 28.6 Å². The molecule has 3 N–H and O–H groups in total. The molecule has 1 aromatic heterocycles. The van der Waals surface area contributed by atoms with E-state index in [1.165, 1.54) is 0 Å². The Morgan fingerprint density at radius 1 is 0.906 bits per heavy atom. The van der Waals surface area contributed by atoms with E-state index in [4.69, 9.17) is 0 Å². The Morgan fingerprint density at radius 2 is 1.53 bits per heavy atom. The zero-order valence-corrected chi connectivity index (χ0v) is 19.1. The van der Waals surface area contributed by atoms with Crippen LogP contribution < -0.4 is 16.2 Å². The molecule has 3 aromatic rings. The third-order valence-corrected chi connectivity index (χ3v) is 5.68. The van der Waals surface area contributed by atoms with Gasteiger partial charge in [0.15, 0.2) is 10.9 Å². The summed E-state index contributed by atoms with van der Waals surface area (Å²) in [6, 6.07) is 14.4. The van der Waals surface area contributed by atoms with Crippen LogP contribution in [0.1, 0.15) is 26.3 Å². The Hall–Kier alpha value is -3.46. The molecule has 1 heterocycles. The van der Waals surface area contributed by atoms with Crippen LogP contribution in [0.5, 0.6) is 0 Å². The fraction of sp³-hybridized carbons (Fsp3) is 0.261. The molecule has 3 rings (SSSR count). The smallest absolute Gasteiger partial charge is 0.278 e. The molecule has 32 heavy (non-hydrogen) atoms. The number of anilines is 2. The van der Waals surface area contributed by atoms with Crippen molar-refractivity contribution in [1.29, 1.82) is 0 Å². The highest BCUT2D eigenvalue weighted by molar-refractivity contribution is 8.00. The number of rotatable bonds is 7. The number of thioether (sulfide) groups is 1. The normalized spacial score (nSPS) is 11.8. The molecule has 0 saturated heterocycles. The largest absolute Gasteiger partial charge is 0.325 e. The molecule has 0 aliphatic carbocycles. The summed E-state index contributed by atoms with van der Waals surface area (Å²) >= 11 is 1.10. The number of benzene rings is 2. The second kappa shape index (κ2) is 10.2. The van der Waals surface area contributed by atoms with Gasteiger partial charge in [0.25, 0.3) is 5.56 Å². The Bertz CT molecular complexity index is 1190. The maximum absolute atomic E-state index is 12.7. The fourth-order valence-electron chi connectivity index (χ4n) is 2.80. The molecular weight excluding hydrogens is 426 g/mol. The molecule has 2 aromatic carbocycles. The third-order valence-electron chi connectivity index (χ3n) is 4.70. The zero-order valence-electron chi connectivity index (χ0n) is 18.3. The lowest BCUT2D eigenvalue weighted by molar-refractivity contribution is -0.119. The SMILES string of the molecule is Cc1ccccc1NC(=O)[C@@H](C)Sc1nnc(-c2ccccc2NC(=O)C(C)C)c(=O)[nH]1. The van der Waals surface area contributed by atoms with Gasteiger partial charge in [0.1, 0.15) is 0 Å². The van der Waals surface area contributed by atoms with Crippen molar-refractivity contribution in [1.82, 2.24) is 15.2 Å². The van der Waals surface area contributed by atoms with Gasteiger partial charge >= 0.3 is 0 Å². The van der Waals surface area contributed by atoms with E-state index >= 15 is 0 Å². The van der Waals surface area contributed by atoms with Gasteiger partial charge < -0.3 is 10.6 Å². The standard InChI is InChI=1S/C23H25N5O3S/c1-13(2)20(29)25-18-12-8-6-10-16(18)19-22(31)26-23(28-27-19)32-15(4)21(30)24-17-11-7-5-9-14(17)3/h5-13,15H,1-4H3,(H,24,30)(H,25,29)(H,26,28,31)/t15-/m1/s1. The summed E-state index contributed by atoms with van der Waals surface area (Å²) in [6.07, 6.45) is 0. The quantitative estimate of drug-likeness (QED) is 0.470. The maximum Gasteiger partial charge on any atom is 0.278 e. The first kappa shape index (κ1) is 23.2. The number of carbonyl (C=O) groups is 2.